The van der Waals surface area contributed by atoms with Gasteiger partial charge in [-0.15, -0.1) is 23.1 Å². The van der Waals surface area contributed by atoms with E-state index in [4.69, 9.17) is 4.74 Å². The maximum Gasteiger partial charge on any atom is 0.261 e. The number of imide groups is 1. The molecule has 0 fully saturated rings. The summed E-state index contributed by atoms with van der Waals surface area (Å²) in [5.74, 6) is 0.243. The van der Waals surface area contributed by atoms with Crippen LogP contribution in [-0.4, -0.2) is 52.9 Å². The van der Waals surface area contributed by atoms with E-state index in [9.17, 15) is 19.2 Å². The quantitative estimate of drug-likeness (QED) is 0.400. The maximum absolute atomic E-state index is 12.4. The van der Waals surface area contributed by atoms with Crippen LogP contribution in [0.4, 0.5) is 10.8 Å². The van der Waals surface area contributed by atoms with Crippen molar-refractivity contribution >= 4 is 57.5 Å². The van der Waals surface area contributed by atoms with Gasteiger partial charge in [-0.2, -0.15) is 0 Å². The first-order valence-electron chi connectivity index (χ1n) is 10.7. The van der Waals surface area contributed by atoms with Crippen molar-refractivity contribution in [2.24, 2.45) is 0 Å². The number of aromatic nitrogens is 1. The van der Waals surface area contributed by atoms with Crippen LogP contribution in [0.3, 0.4) is 0 Å². The van der Waals surface area contributed by atoms with Crippen LogP contribution in [0.25, 0.3) is 0 Å². The third-order valence-electron chi connectivity index (χ3n) is 5.10. The first-order chi connectivity index (χ1) is 16.9. The van der Waals surface area contributed by atoms with E-state index < -0.39 is 0 Å². The molecule has 1 aliphatic heterocycles. The number of rotatable bonds is 10. The van der Waals surface area contributed by atoms with E-state index in [0.29, 0.717) is 33.4 Å². The molecule has 3 aromatic rings. The van der Waals surface area contributed by atoms with Crippen molar-refractivity contribution in [1.29, 1.82) is 0 Å². The van der Waals surface area contributed by atoms with Crippen LogP contribution < -0.4 is 15.4 Å². The number of amides is 4. The average Bonchev–Trinajstić information content (AvgIpc) is 3.40. The van der Waals surface area contributed by atoms with E-state index in [-0.39, 0.29) is 42.3 Å². The lowest BCUT2D eigenvalue weighted by molar-refractivity contribution is -0.116. The van der Waals surface area contributed by atoms with Gasteiger partial charge in [0.15, 0.2) is 5.13 Å². The SMILES string of the molecule is COc1ccc(NC(=O)CSCc2csc(NC(=O)CCN3C(=O)c4ccccc4C3=O)n2)cc1. The first kappa shape index (κ1) is 24.4. The maximum atomic E-state index is 12.4. The van der Waals surface area contributed by atoms with Gasteiger partial charge in [-0.25, -0.2) is 4.98 Å². The van der Waals surface area contributed by atoms with Crippen molar-refractivity contribution in [3.63, 3.8) is 0 Å². The van der Waals surface area contributed by atoms with Crippen molar-refractivity contribution in [3.8, 4) is 5.75 Å². The van der Waals surface area contributed by atoms with Gasteiger partial charge in [0.05, 0.1) is 29.7 Å². The first-order valence-corrected chi connectivity index (χ1v) is 12.7. The Labute approximate surface area is 209 Å². The van der Waals surface area contributed by atoms with Gasteiger partial charge in [0.2, 0.25) is 11.8 Å². The summed E-state index contributed by atoms with van der Waals surface area (Å²) < 4.78 is 5.09. The lowest BCUT2D eigenvalue weighted by Crippen LogP contribution is -2.32. The van der Waals surface area contributed by atoms with Gasteiger partial charge in [0.25, 0.3) is 11.8 Å². The largest absolute Gasteiger partial charge is 0.497 e. The molecule has 180 valence electrons. The Balaban J connectivity index is 1.18. The highest BCUT2D eigenvalue weighted by molar-refractivity contribution is 7.99. The van der Waals surface area contributed by atoms with Crippen LogP contribution in [0.15, 0.2) is 53.9 Å². The molecule has 0 aliphatic carbocycles. The third kappa shape index (κ3) is 6.06. The highest BCUT2D eigenvalue weighted by Crippen LogP contribution is 2.23. The molecule has 9 nitrogen and oxygen atoms in total. The number of anilines is 2. The molecular weight excluding hydrogens is 488 g/mol. The molecule has 4 amide bonds. The normalized spacial score (nSPS) is 12.4. The third-order valence-corrected chi connectivity index (χ3v) is 6.87. The summed E-state index contributed by atoms with van der Waals surface area (Å²) in [6.45, 7) is -0.00439. The Morgan fingerprint density at radius 2 is 1.69 bits per heavy atom. The molecule has 0 saturated carbocycles. The minimum absolute atomic E-state index is 0.00439. The highest BCUT2D eigenvalue weighted by Gasteiger charge is 2.34. The van der Waals surface area contributed by atoms with Crippen LogP contribution in [0.1, 0.15) is 32.8 Å². The minimum Gasteiger partial charge on any atom is -0.497 e. The predicted octanol–water partition coefficient (Wildman–Crippen LogP) is 3.65. The van der Waals surface area contributed by atoms with Crippen LogP contribution >= 0.6 is 23.1 Å². The zero-order valence-electron chi connectivity index (χ0n) is 18.8. The number of benzene rings is 2. The number of nitrogens with zero attached hydrogens (tertiary/aromatic N) is 2. The van der Waals surface area contributed by atoms with Crippen molar-refractivity contribution in [1.82, 2.24) is 9.88 Å². The molecule has 0 spiro atoms. The zero-order valence-corrected chi connectivity index (χ0v) is 20.4. The van der Waals surface area contributed by atoms with E-state index in [1.807, 2.05) is 5.38 Å². The van der Waals surface area contributed by atoms with Gasteiger partial charge in [-0.05, 0) is 36.4 Å². The van der Waals surface area contributed by atoms with Crippen LogP contribution in [0.2, 0.25) is 0 Å². The lowest BCUT2D eigenvalue weighted by Gasteiger charge is -2.12. The van der Waals surface area contributed by atoms with E-state index in [2.05, 4.69) is 15.6 Å². The Hall–Kier alpha value is -3.70. The summed E-state index contributed by atoms with van der Waals surface area (Å²) >= 11 is 2.68. The number of methoxy groups -OCH3 is 1. The number of ether oxygens (including phenoxy) is 1. The molecular formula is C24H22N4O5S2. The number of thiazole rings is 1. The van der Waals surface area contributed by atoms with Crippen LogP contribution in [-0.2, 0) is 15.3 Å². The molecule has 0 unspecified atom stereocenters. The topological polar surface area (TPSA) is 118 Å². The molecule has 2 N–H and O–H groups in total. The minimum atomic E-state index is -0.386. The van der Waals surface area contributed by atoms with E-state index >= 15 is 0 Å². The van der Waals surface area contributed by atoms with Gasteiger partial charge >= 0.3 is 0 Å². The standard InChI is InChI=1S/C24H22N4O5S2/c1-33-17-8-6-15(7-9-17)25-21(30)14-34-12-16-13-35-24(26-16)27-20(29)10-11-28-22(31)18-4-2-3-5-19(18)23(28)32/h2-9,13H,10-12,14H2,1H3,(H,25,30)(H,26,27,29). The van der Waals surface area contributed by atoms with Gasteiger partial charge in [-0.1, -0.05) is 12.1 Å². The number of hydrogen-bond donors (Lipinski definition) is 2. The fourth-order valence-corrected chi connectivity index (χ4v) is 4.94. The summed E-state index contributed by atoms with van der Waals surface area (Å²) in [7, 11) is 1.58. The summed E-state index contributed by atoms with van der Waals surface area (Å²) in [6, 6.07) is 13.7. The average molecular weight is 511 g/mol. The number of nitrogens with one attached hydrogen (secondary N) is 2. The number of hydrogen-bond acceptors (Lipinski definition) is 8. The van der Waals surface area contributed by atoms with Crippen LogP contribution in [0, 0.1) is 0 Å². The summed E-state index contributed by atoms with van der Waals surface area (Å²) in [4.78, 5) is 54.7. The Bertz CT molecular complexity index is 1220. The van der Waals surface area contributed by atoms with Crippen molar-refractivity contribution in [3.05, 3.63) is 70.7 Å². The molecule has 0 saturated heterocycles. The number of carbonyl (C=O) groups is 4. The summed E-state index contributed by atoms with van der Waals surface area (Å²) in [5, 5.41) is 7.76. The van der Waals surface area contributed by atoms with Gasteiger partial charge in [-0.3, -0.25) is 24.1 Å². The molecule has 2 heterocycles. The smallest absolute Gasteiger partial charge is 0.261 e. The Morgan fingerprint density at radius 3 is 2.34 bits per heavy atom. The molecule has 1 aromatic heterocycles. The fraction of sp³-hybridized carbons (Fsp3) is 0.208. The number of fused-ring (bicyclic) bond motifs is 1. The molecule has 1 aliphatic rings. The van der Waals surface area contributed by atoms with E-state index in [1.54, 1.807) is 55.6 Å². The Morgan fingerprint density at radius 1 is 1.00 bits per heavy atom. The summed E-state index contributed by atoms with van der Waals surface area (Å²) in [6.07, 6.45) is -0.0271. The highest BCUT2D eigenvalue weighted by atomic mass is 32.2. The molecule has 2 aromatic carbocycles. The van der Waals surface area contributed by atoms with Gasteiger partial charge in [0.1, 0.15) is 5.75 Å². The molecule has 11 heteroatoms. The second-order valence-electron chi connectivity index (χ2n) is 7.52. The van der Waals surface area contributed by atoms with Gasteiger partial charge < -0.3 is 15.4 Å². The zero-order chi connectivity index (χ0) is 24.8. The second-order valence-corrected chi connectivity index (χ2v) is 9.36. The number of carbonyl (C=O) groups excluding carboxylic acids is 4. The monoisotopic (exact) mass is 510 g/mol. The van der Waals surface area contributed by atoms with Crippen molar-refractivity contribution in [2.75, 3.05) is 30.0 Å². The molecule has 0 bridgehead atoms. The molecule has 0 atom stereocenters. The van der Waals surface area contributed by atoms with Gasteiger partial charge in [0, 0.05) is 29.8 Å². The Kier molecular flexibility index (Phi) is 7.78. The lowest BCUT2D eigenvalue weighted by atomic mass is 10.1. The predicted molar refractivity (Wildman–Crippen MR) is 135 cm³/mol. The summed E-state index contributed by atoms with van der Waals surface area (Å²) in [5.41, 5.74) is 2.15. The molecule has 35 heavy (non-hydrogen) atoms. The van der Waals surface area contributed by atoms with E-state index in [1.165, 1.54) is 23.1 Å². The molecule has 0 radical (unpaired) electrons. The van der Waals surface area contributed by atoms with Crippen molar-refractivity contribution < 1.29 is 23.9 Å². The molecule has 4 rings (SSSR count). The van der Waals surface area contributed by atoms with E-state index in [0.717, 1.165) is 10.6 Å². The fourth-order valence-electron chi connectivity index (χ4n) is 3.39. The van der Waals surface area contributed by atoms with Crippen molar-refractivity contribution in [2.45, 2.75) is 12.2 Å². The number of thioether (sulfide) groups is 1. The second kappa shape index (κ2) is 11.2. The van der Waals surface area contributed by atoms with Crippen LogP contribution in [0.5, 0.6) is 5.75 Å².